The van der Waals surface area contributed by atoms with Gasteiger partial charge in [0.15, 0.2) is 0 Å². The molecule has 0 unspecified atom stereocenters. The second kappa shape index (κ2) is 3.16. The molecule has 0 aromatic heterocycles. The predicted octanol–water partition coefficient (Wildman–Crippen LogP) is -1.31. The summed E-state index contributed by atoms with van der Waals surface area (Å²) in [4.78, 5) is 13.9. The minimum atomic E-state index is -4.32. The van der Waals surface area contributed by atoms with Gasteiger partial charge in [-0.1, -0.05) is 0 Å². The molecule has 6 heteroatoms. The van der Waals surface area contributed by atoms with E-state index in [0.29, 0.717) is 0 Å². The fourth-order valence-electron chi connectivity index (χ4n) is 0. The van der Waals surface area contributed by atoms with E-state index in [1.165, 1.54) is 0 Å². The molecule has 0 spiro atoms. The molecule has 0 rings (SSSR count). The van der Waals surface area contributed by atoms with Gasteiger partial charge in [0.25, 0.3) is 0 Å². The minimum Gasteiger partial charge on any atom is -0.303 e. The predicted molar refractivity (Wildman–Crippen MR) is 20.0 cm³/mol. The van der Waals surface area contributed by atoms with Crippen LogP contribution in [0.25, 0.3) is 0 Å². The van der Waals surface area contributed by atoms with Crippen molar-refractivity contribution in [1.29, 1.82) is 2.86 Å². The molecule has 0 bridgehead atoms. The molecule has 0 atom stereocenters. The summed E-state index contributed by atoms with van der Waals surface area (Å²) in [6.07, 6.45) is 0. The number of rotatable bonds is 2. The van der Waals surface area contributed by atoms with Crippen LogP contribution in [0.5, 0.6) is 0 Å². The van der Waals surface area contributed by atoms with Gasteiger partial charge in [0.2, 0.25) is 2.86 Å². The van der Waals surface area contributed by atoms with Crippen LogP contribution in [0.15, 0.2) is 0 Å². The Bertz CT molecular complexity index is 86.0. The topological polar surface area (TPSA) is 77.8 Å². The Morgan fingerprint density at radius 2 is 2.00 bits per heavy atom. The van der Waals surface area contributed by atoms with Gasteiger partial charge in [-0.15, -0.1) is 0 Å². The van der Waals surface area contributed by atoms with Gasteiger partial charge in [-0.2, -0.15) is 0 Å². The first-order chi connectivity index (χ1) is 3.12. The Hall–Kier alpha value is 1.11. The van der Waals surface area contributed by atoms with Crippen molar-refractivity contribution in [1.82, 2.24) is 0 Å². The summed E-state index contributed by atoms with van der Waals surface area (Å²) in [6, 6.07) is 0. The van der Waals surface area contributed by atoms with E-state index in [1.807, 2.05) is 0 Å². The third-order valence-corrected chi connectivity index (χ3v) is 0. The van der Waals surface area contributed by atoms with Crippen molar-refractivity contribution >= 4 is 37.4 Å². The van der Waals surface area contributed by atoms with Crippen molar-refractivity contribution in [2.75, 3.05) is 0 Å². The fourth-order valence-corrected chi connectivity index (χ4v) is 0. The molecule has 0 amide bonds. The average molecular weight is 123 g/mol. The van der Waals surface area contributed by atoms with E-state index in [1.54, 1.807) is 0 Å². The Labute approximate surface area is 59.7 Å². The molecule has 6 heavy (non-hydrogen) atoms. The molecule has 0 aliphatic heterocycles. The van der Waals surface area contributed by atoms with Gasteiger partial charge >= 0.3 is 7.82 Å². The first-order valence-corrected chi connectivity index (χ1v) is 2.24. The average Bonchev–Trinajstić information content (AvgIpc) is 1.68. The van der Waals surface area contributed by atoms with Gasteiger partial charge < -0.3 is 14.7 Å². The molecule has 0 aliphatic rings. The van der Waals surface area contributed by atoms with E-state index in [4.69, 9.17) is 7.76 Å². The second-order valence-electron chi connectivity index (χ2n) is 0.469. The Morgan fingerprint density at radius 1 is 1.67 bits per heavy atom. The summed E-state index contributed by atoms with van der Waals surface area (Å²) < 4.78 is 21.2. The van der Waals surface area contributed by atoms with Crippen molar-refractivity contribution in [3.8, 4) is 0 Å². The van der Waals surface area contributed by atoms with Crippen LogP contribution in [0.3, 0.4) is 0 Å². The first kappa shape index (κ1) is 5.25. The monoisotopic (exact) mass is 123 g/mol. The molecule has 0 saturated heterocycles. The molecule has 0 heterocycles. The molecule has 1 radical (unpaired) electrons. The van der Waals surface area contributed by atoms with E-state index in [9.17, 15) is 4.57 Å². The van der Waals surface area contributed by atoms with Crippen LogP contribution in [0.4, 0.5) is 0 Å². The zero-order chi connectivity index (χ0) is 5.91. The van der Waals surface area contributed by atoms with Crippen LogP contribution in [-0.4, -0.2) is 47.1 Å². The van der Waals surface area contributed by atoms with Crippen LogP contribution >= 0.6 is 7.82 Å². The molecular formula is H3NaO4P. The van der Waals surface area contributed by atoms with Gasteiger partial charge in [0.1, 0.15) is 0 Å². The van der Waals surface area contributed by atoms with E-state index < -0.39 is 7.82 Å². The van der Waals surface area contributed by atoms with E-state index in [2.05, 4.69) is 9.79 Å². The fraction of sp³-hybridized carbons (Fsp3) is 0. The van der Waals surface area contributed by atoms with Gasteiger partial charge in [-0.3, -0.25) is 0 Å². The molecule has 33 valence electrons. The Morgan fingerprint density at radius 3 is 2.00 bits per heavy atom. The van der Waals surface area contributed by atoms with Gasteiger partial charge in [0.05, 0.1) is 0 Å². The summed E-state index contributed by atoms with van der Waals surface area (Å²) in [5.74, 6) is 0. The van der Waals surface area contributed by atoms with E-state index >= 15 is 0 Å². The molecule has 3 N–H and O–H groups in total. The molecule has 0 aromatic carbocycles. The normalized spacial score (nSPS) is 14.2. The second-order valence-corrected chi connectivity index (χ2v) is 1.41. The summed E-state index contributed by atoms with van der Waals surface area (Å²) in [7, 11) is -4.32. The van der Waals surface area contributed by atoms with Crippen LogP contribution in [-0.2, 0) is 4.57 Å². The number of hydrogen-bond acceptors (Lipinski definition) is 3. The third kappa shape index (κ3) is 70.1. The SMILES string of the molecule is [2H]OP(=O)(O)O[2H].[Na]. The molecule has 0 saturated carbocycles. The summed E-state index contributed by atoms with van der Waals surface area (Å²) in [5.41, 5.74) is 0. The van der Waals surface area contributed by atoms with Crippen LogP contribution in [0.2, 0.25) is 0 Å². The zero-order valence-corrected chi connectivity index (χ0v) is 6.01. The minimum absolute atomic E-state index is 0. The maximum Gasteiger partial charge on any atom is 0.466 e. The largest absolute Gasteiger partial charge is 0.466 e. The maximum absolute atomic E-state index is 9.69. The van der Waals surface area contributed by atoms with E-state index in [-0.39, 0.29) is 29.6 Å². The van der Waals surface area contributed by atoms with Crippen LogP contribution in [0, 0.1) is 0 Å². The Balaban J connectivity index is 0. The first-order valence-electron chi connectivity index (χ1n) is 1.56. The summed E-state index contributed by atoms with van der Waals surface area (Å²) in [6.45, 7) is 0. The maximum atomic E-state index is 9.69. The standard InChI is InChI=1S/Na.H3O4P/c;1-5(2,3)4/h;(H3,1,2,3,4)/i/hD2. The summed E-state index contributed by atoms with van der Waals surface area (Å²) in [5, 5.41) is 0. The molecule has 0 aliphatic carbocycles. The third-order valence-electron chi connectivity index (χ3n) is 0. The number of phosphoric acid groups is 1. The van der Waals surface area contributed by atoms with Gasteiger partial charge in [0, 0.05) is 29.6 Å². The van der Waals surface area contributed by atoms with Crippen molar-refractivity contribution in [2.24, 2.45) is 0 Å². The van der Waals surface area contributed by atoms with Gasteiger partial charge in [-0.05, 0) is 0 Å². The Kier molecular flexibility index (Phi) is 2.76. The van der Waals surface area contributed by atoms with Crippen LogP contribution in [0.1, 0.15) is 0 Å². The molecule has 0 fully saturated rings. The van der Waals surface area contributed by atoms with Crippen molar-refractivity contribution < 1.29 is 19.2 Å². The zero-order valence-electron chi connectivity index (χ0n) is 5.12. The van der Waals surface area contributed by atoms with Crippen molar-refractivity contribution in [2.45, 2.75) is 0 Å². The molecule has 0 aromatic rings. The smallest absolute Gasteiger partial charge is 0.303 e. The number of hydrogen-bond donors (Lipinski definition) is 3. The quantitative estimate of drug-likeness (QED) is 0.314. The summed E-state index contributed by atoms with van der Waals surface area (Å²) >= 11 is 0. The van der Waals surface area contributed by atoms with Crippen LogP contribution < -0.4 is 0 Å². The van der Waals surface area contributed by atoms with Crippen molar-refractivity contribution in [3.05, 3.63) is 0 Å². The van der Waals surface area contributed by atoms with Crippen molar-refractivity contribution in [3.63, 3.8) is 0 Å². The van der Waals surface area contributed by atoms with E-state index in [0.717, 1.165) is 0 Å². The molecule has 4 nitrogen and oxygen atoms in total. The molecular weight excluding hydrogens is 118 g/mol. The van der Waals surface area contributed by atoms with Gasteiger partial charge in [-0.25, -0.2) is 4.57 Å².